The molecule has 3 heterocycles. The van der Waals surface area contributed by atoms with E-state index < -0.39 is 17.4 Å². The number of nitrogens with zero attached hydrogens (tertiary/aromatic N) is 4. The van der Waals surface area contributed by atoms with E-state index in [1.54, 1.807) is 11.9 Å². The van der Waals surface area contributed by atoms with Crippen molar-refractivity contribution in [3.05, 3.63) is 17.5 Å². The molecule has 3 fully saturated rings. The van der Waals surface area contributed by atoms with E-state index in [-0.39, 0.29) is 12.3 Å². The Balaban J connectivity index is 1.54. The van der Waals surface area contributed by atoms with Gasteiger partial charge in [0.15, 0.2) is 0 Å². The van der Waals surface area contributed by atoms with Crippen LogP contribution in [0.1, 0.15) is 55.8 Å². The summed E-state index contributed by atoms with van der Waals surface area (Å²) >= 11 is 0. The number of rotatable bonds is 3. The van der Waals surface area contributed by atoms with Crippen LogP contribution >= 0.6 is 0 Å². The lowest BCUT2D eigenvalue weighted by Crippen LogP contribution is -2.56. The average molecular weight is 358 g/mol. The van der Waals surface area contributed by atoms with Crippen molar-refractivity contribution >= 4 is 17.8 Å². The summed E-state index contributed by atoms with van der Waals surface area (Å²) in [5.74, 6) is -0.242. The Morgan fingerprint density at radius 1 is 1.27 bits per heavy atom. The first-order valence-electron chi connectivity index (χ1n) is 9.51. The number of amides is 1. The van der Waals surface area contributed by atoms with E-state index in [0.717, 1.165) is 17.3 Å². The number of carboxylic acid groups (broad SMARTS) is 1. The van der Waals surface area contributed by atoms with E-state index in [1.165, 1.54) is 19.3 Å². The van der Waals surface area contributed by atoms with E-state index in [0.29, 0.717) is 31.8 Å². The van der Waals surface area contributed by atoms with Crippen LogP contribution in [-0.2, 0) is 9.59 Å². The third kappa shape index (κ3) is 2.64. The van der Waals surface area contributed by atoms with Crippen LogP contribution in [0, 0.1) is 12.8 Å². The zero-order valence-corrected chi connectivity index (χ0v) is 15.4. The van der Waals surface area contributed by atoms with Crippen molar-refractivity contribution in [3.63, 3.8) is 0 Å². The van der Waals surface area contributed by atoms with Crippen LogP contribution in [0.15, 0.2) is 6.07 Å². The smallest absolute Gasteiger partial charge is 0.309 e. The molecule has 1 spiro atoms. The van der Waals surface area contributed by atoms with Crippen LogP contribution in [0.2, 0.25) is 0 Å². The van der Waals surface area contributed by atoms with Gasteiger partial charge in [-0.05, 0) is 38.7 Å². The first kappa shape index (κ1) is 17.2. The SMILES string of the molecule is Cc1cc(C2CCC2)nc(N2CCC3(CC2)[C@H](C(=O)O)CC(=O)N3C)n1. The van der Waals surface area contributed by atoms with Gasteiger partial charge >= 0.3 is 5.97 Å². The monoisotopic (exact) mass is 358 g/mol. The second-order valence-electron chi connectivity index (χ2n) is 8.00. The minimum atomic E-state index is -0.866. The van der Waals surface area contributed by atoms with Gasteiger partial charge in [-0.25, -0.2) is 9.97 Å². The van der Waals surface area contributed by atoms with Crippen LogP contribution in [0.4, 0.5) is 5.95 Å². The number of carboxylic acids is 1. The summed E-state index contributed by atoms with van der Waals surface area (Å²) < 4.78 is 0. The van der Waals surface area contributed by atoms with Gasteiger partial charge in [0, 0.05) is 43.9 Å². The Bertz CT molecular complexity index is 738. The highest BCUT2D eigenvalue weighted by atomic mass is 16.4. The molecule has 1 amide bonds. The molecule has 1 saturated carbocycles. The van der Waals surface area contributed by atoms with Gasteiger partial charge in [0.05, 0.1) is 11.5 Å². The number of aryl methyl sites for hydroxylation is 1. The molecule has 140 valence electrons. The van der Waals surface area contributed by atoms with Crippen molar-refractivity contribution in [2.45, 2.75) is 56.9 Å². The summed E-state index contributed by atoms with van der Waals surface area (Å²) in [6.07, 6.45) is 5.06. The molecule has 1 atom stereocenters. The number of carbonyl (C=O) groups excluding carboxylic acids is 1. The quantitative estimate of drug-likeness (QED) is 0.889. The van der Waals surface area contributed by atoms with Gasteiger partial charge in [-0.1, -0.05) is 6.42 Å². The lowest BCUT2D eigenvalue weighted by atomic mass is 9.77. The van der Waals surface area contributed by atoms with Gasteiger partial charge in [0.1, 0.15) is 0 Å². The first-order chi connectivity index (χ1) is 12.4. The Hall–Kier alpha value is -2.18. The predicted molar refractivity (Wildman–Crippen MR) is 96.1 cm³/mol. The van der Waals surface area contributed by atoms with E-state index >= 15 is 0 Å². The number of likely N-dealkylation sites (tertiary alicyclic amines) is 1. The summed E-state index contributed by atoms with van der Waals surface area (Å²) in [5, 5.41) is 9.60. The normalized spacial score (nSPS) is 25.6. The van der Waals surface area contributed by atoms with Gasteiger partial charge in [-0.15, -0.1) is 0 Å². The molecule has 26 heavy (non-hydrogen) atoms. The van der Waals surface area contributed by atoms with Crippen LogP contribution in [0.5, 0.6) is 0 Å². The molecule has 7 heteroatoms. The maximum absolute atomic E-state index is 12.1. The molecular formula is C19H26N4O3. The van der Waals surface area contributed by atoms with Crippen molar-refractivity contribution in [2.24, 2.45) is 5.92 Å². The standard InChI is InChI=1S/C19H26N4O3/c1-12-10-15(13-4-3-5-13)21-18(20-12)23-8-6-19(7-9-23)14(17(25)26)11-16(24)22(19)2/h10,13-14H,3-9,11H2,1-2H3,(H,25,26)/t14-/m0/s1. The second kappa shape index (κ2) is 6.21. The van der Waals surface area contributed by atoms with Gasteiger partial charge in [0.25, 0.3) is 0 Å². The Morgan fingerprint density at radius 3 is 2.54 bits per heavy atom. The highest BCUT2D eigenvalue weighted by Gasteiger charge is 2.55. The van der Waals surface area contributed by atoms with E-state index in [4.69, 9.17) is 4.98 Å². The lowest BCUT2D eigenvalue weighted by molar-refractivity contribution is -0.145. The summed E-state index contributed by atoms with van der Waals surface area (Å²) in [5.41, 5.74) is 1.55. The number of anilines is 1. The van der Waals surface area contributed by atoms with Gasteiger partial charge in [0.2, 0.25) is 11.9 Å². The number of aliphatic carboxylic acids is 1. The highest BCUT2D eigenvalue weighted by molar-refractivity contribution is 5.88. The lowest BCUT2D eigenvalue weighted by Gasteiger charge is -2.45. The van der Waals surface area contributed by atoms with Crippen molar-refractivity contribution in [3.8, 4) is 0 Å². The predicted octanol–water partition coefficient (Wildman–Crippen LogP) is 1.95. The van der Waals surface area contributed by atoms with Crippen LogP contribution < -0.4 is 4.90 Å². The second-order valence-corrected chi connectivity index (χ2v) is 8.00. The first-order valence-corrected chi connectivity index (χ1v) is 9.51. The molecule has 2 saturated heterocycles. The van der Waals surface area contributed by atoms with Crippen molar-refractivity contribution < 1.29 is 14.7 Å². The highest BCUT2D eigenvalue weighted by Crippen LogP contribution is 2.43. The maximum atomic E-state index is 12.1. The van der Waals surface area contributed by atoms with E-state index in [2.05, 4.69) is 16.0 Å². The van der Waals surface area contributed by atoms with E-state index in [9.17, 15) is 14.7 Å². The van der Waals surface area contributed by atoms with Crippen LogP contribution in [-0.4, -0.2) is 57.5 Å². The molecule has 0 unspecified atom stereocenters. The number of hydrogen-bond donors (Lipinski definition) is 1. The molecule has 1 aromatic heterocycles. The molecule has 2 aliphatic heterocycles. The summed E-state index contributed by atoms with van der Waals surface area (Å²) in [6.45, 7) is 3.35. The maximum Gasteiger partial charge on any atom is 0.309 e. The fraction of sp³-hybridized carbons (Fsp3) is 0.684. The topological polar surface area (TPSA) is 86.6 Å². The average Bonchev–Trinajstić information content (AvgIpc) is 2.79. The number of aromatic nitrogens is 2. The molecule has 7 nitrogen and oxygen atoms in total. The Labute approximate surface area is 153 Å². The summed E-state index contributed by atoms with van der Waals surface area (Å²) in [4.78, 5) is 37.1. The minimum absolute atomic E-state index is 0.0649. The van der Waals surface area contributed by atoms with Crippen LogP contribution in [0.25, 0.3) is 0 Å². The molecule has 0 aromatic carbocycles. The molecule has 1 aliphatic carbocycles. The Kier molecular flexibility index (Phi) is 4.12. The number of carbonyl (C=O) groups is 2. The minimum Gasteiger partial charge on any atom is -0.481 e. The summed E-state index contributed by atoms with van der Waals surface area (Å²) in [6, 6.07) is 2.09. The van der Waals surface area contributed by atoms with Crippen molar-refractivity contribution in [1.29, 1.82) is 0 Å². The van der Waals surface area contributed by atoms with Crippen molar-refractivity contribution in [1.82, 2.24) is 14.9 Å². The van der Waals surface area contributed by atoms with E-state index in [1.807, 2.05) is 6.92 Å². The number of piperidine rings is 1. The molecule has 0 radical (unpaired) electrons. The third-order valence-electron chi connectivity index (χ3n) is 6.67. The van der Waals surface area contributed by atoms with Crippen LogP contribution in [0.3, 0.4) is 0 Å². The molecule has 4 rings (SSSR count). The molecule has 1 N–H and O–H groups in total. The fourth-order valence-corrected chi connectivity index (χ4v) is 4.71. The van der Waals surface area contributed by atoms with Gasteiger partial charge in [-0.2, -0.15) is 0 Å². The Morgan fingerprint density at radius 2 is 1.96 bits per heavy atom. The van der Waals surface area contributed by atoms with Gasteiger partial charge in [-0.3, -0.25) is 9.59 Å². The third-order valence-corrected chi connectivity index (χ3v) is 6.67. The number of hydrogen-bond acceptors (Lipinski definition) is 5. The fourth-order valence-electron chi connectivity index (χ4n) is 4.71. The summed E-state index contributed by atoms with van der Waals surface area (Å²) in [7, 11) is 1.75. The zero-order chi connectivity index (χ0) is 18.5. The largest absolute Gasteiger partial charge is 0.481 e. The molecule has 3 aliphatic rings. The van der Waals surface area contributed by atoms with Gasteiger partial charge < -0.3 is 14.9 Å². The molecule has 0 bridgehead atoms. The molecule has 1 aromatic rings. The zero-order valence-electron chi connectivity index (χ0n) is 15.4. The van der Waals surface area contributed by atoms with Crippen molar-refractivity contribution in [2.75, 3.05) is 25.0 Å². The molecular weight excluding hydrogens is 332 g/mol.